The number of rotatable bonds is 26. The largest absolute Gasteiger partial charge is 1.00 e. The number of nitrogens with zero attached hydrogens (tertiary/aromatic N) is 1. The SMILES string of the molecule is CCCCCCCCCCCCCC(=O)N1CCCC1C(=O)NC(CCC(=O)[O-])C(=O)NC(CCC(=O)[O-])C(=O)NCCNC.[Na+].[Na+]. The Labute approximate surface area is 324 Å². The summed E-state index contributed by atoms with van der Waals surface area (Å²) in [4.78, 5) is 75.7. The summed E-state index contributed by atoms with van der Waals surface area (Å²) >= 11 is 0. The van der Waals surface area contributed by atoms with Gasteiger partial charge in [0.15, 0.2) is 0 Å². The number of unbranched alkanes of at least 4 members (excludes halogenated alkanes) is 10. The Kier molecular flexibility index (Phi) is 30.2. The van der Waals surface area contributed by atoms with Crippen LogP contribution in [0.4, 0.5) is 0 Å². The molecule has 3 unspecified atom stereocenters. The molecule has 1 saturated heterocycles. The zero-order chi connectivity index (χ0) is 33.5. The molecular formula is C32H55N5Na2O8. The van der Waals surface area contributed by atoms with E-state index in [1.165, 1.54) is 49.8 Å². The maximum atomic E-state index is 13.3. The van der Waals surface area contributed by atoms with Crippen LogP contribution in [0.3, 0.4) is 0 Å². The first-order chi connectivity index (χ1) is 21.6. The second-order valence-electron chi connectivity index (χ2n) is 11.9. The summed E-state index contributed by atoms with van der Waals surface area (Å²) in [5.74, 6) is -5.00. The normalized spacial score (nSPS) is 15.0. The van der Waals surface area contributed by atoms with E-state index in [9.17, 15) is 39.0 Å². The van der Waals surface area contributed by atoms with Gasteiger partial charge in [0, 0.05) is 38.0 Å². The Morgan fingerprint density at radius 3 is 1.72 bits per heavy atom. The second kappa shape index (κ2) is 29.7. The monoisotopic (exact) mass is 683 g/mol. The summed E-state index contributed by atoms with van der Waals surface area (Å²) in [6.45, 7) is 3.29. The number of carboxylic acid groups (broad SMARTS) is 2. The first-order valence-corrected chi connectivity index (χ1v) is 16.8. The van der Waals surface area contributed by atoms with Crippen LogP contribution in [0.1, 0.15) is 122 Å². The van der Waals surface area contributed by atoms with E-state index in [2.05, 4.69) is 28.2 Å². The van der Waals surface area contributed by atoms with Crippen molar-refractivity contribution in [1.29, 1.82) is 0 Å². The maximum Gasteiger partial charge on any atom is 1.00 e. The van der Waals surface area contributed by atoms with E-state index in [4.69, 9.17) is 0 Å². The van der Waals surface area contributed by atoms with E-state index in [0.29, 0.717) is 32.4 Å². The summed E-state index contributed by atoms with van der Waals surface area (Å²) < 4.78 is 0. The van der Waals surface area contributed by atoms with Crippen LogP contribution in [0.2, 0.25) is 0 Å². The summed E-state index contributed by atoms with van der Waals surface area (Å²) in [6, 6.07) is -3.37. The minimum Gasteiger partial charge on any atom is -0.550 e. The standard InChI is InChI=1S/C32H57N5O8.2Na/c1-3-4-5-6-7-8-9-10-11-12-13-16-27(38)37-23-14-15-26(37)32(45)36-25(18-20-29(41)42)31(44)35-24(17-19-28(39)40)30(43)34-22-21-33-2;;/h24-26,33H,3-23H2,1-2H3,(H,34,43)(H,35,44)(H,36,45)(H,39,40)(H,41,42);;/q;2*+1/p-2. The van der Waals surface area contributed by atoms with Gasteiger partial charge in [0.25, 0.3) is 0 Å². The average molecular weight is 684 g/mol. The number of carbonyl (C=O) groups is 6. The Hall–Kier alpha value is -1.22. The molecule has 1 aliphatic heterocycles. The van der Waals surface area contributed by atoms with E-state index in [1.807, 2.05) is 0 Å². The molecule has 15 heteroatoms. The van der Waals surface area contributed by atoms with Gasteiger partial charge >= 0.3 is 59.1 Å². The average Bonchev–Trinajstić information content (AvgIpc) is 3.50. The molecule has 0 radical (unpaired) electrons. The zero-order valence-electron chi connectivity index (χ0n) is 29.3. The molecule has 258 valence electrons. The Bertz CT molecular complexity index is 943. The summed E-state index contributed by atoms with van der Waals surface area (Å²) in [6.07, 6.45) is 12.6. The molecule has 0 saturated carbocycles. The van der Waals surface area contributed by atoms with Crippen LogP contribution in [0.25, 0.3) is 0 Å². The number of amides is 4. The minimum atomic E-state index is -1.43. The maximum absolute atomic E-state index is 13.3. The van der Waals surface area contributed by atoms with Gasteiger partial charge in [-0.3, -0.25) is 19.2 Å². The van der Waals surface area contributed by atoms with E-state index >= 15 is 0 Å². The van der Waals surface area contributed by atoms with Gasteiger partial charge in [0.05, 0.1) is 0 Å². The van der Waals surface area contributed by atoms with Crippen molar-refractivity contribution in [3.05, 3.63) is 0 Å². The molecule has 0 spiro atoms. The van der Waals surface area contributed by atoms with Gasteiger partial charge in [-0.15, -0.1) is 0 Å². The molecule has 0 aromatic heterocycles. The summed E-state index contributed by atoms with van der Waals surface area (Å²) in [5.41, 5.74) is 0. The zero-order valence-corrected chi connectivity index (χ0v) is 33.3. The summed E-state index contributed by atoms with van der Waals surface area (Å²) in [5, 5.41) is 32.6. The fraction of sp³-hybridized carbons (Fsp3) is 0.812. The predicted molar refractivity (Wildman–Crippen MR) is 165 cm³/mol. The van der Waals surface area contributed by atoms with Gasteiger partial charge in [-0.2, -0.15) is 0 Å². The van der Waals surface area contributed by atoms with Crippen LogP contribution in [0.5, 0.6) is 0 Å². The molecule has 13 nitrogen and oxygen atoms in total. The number of carbonyl (C=O) groups excluding carboxylic acids is 6. The molecule has 1 heterocycles. The molecule has 0 aliphatic carbocycles. The van der Waals surface area contributed by atoms with Gasteiger partial charge < -0.3 is 46.0 Å². The predicted octanol–water partition coefficient (Wildman–Crippen LogP) is -5.95. The topological polar surface area (TPSA) is 200 Å². The third-order valence-electron chi connectivity index (χ3n) is 8.08. The Balaban J connectivity index is 0. The van der Waals surface area contributed by atoms with Crippen LogP contribution in [-0.4, -0.2) is 85.3 Å². The van der Waals surface area contributed by atoms with E-state index in [1.54, 1.807) is 7.05 Å². The number of likely N-dealkylation sites (tertiary alicyclic amines) is 1. The van der Waals surface area contributed by atoms with Gasteiger partial charge in [0.2, 0.25) is 23.6 Å². The molecule has 0 aromatic carbocycles. The van der Waals surface area contributed by atoms with Gasteiger partial charge in [-0.05, 0) is 52.0 Å². The number of nitrogens with one attached hydrogen (secondary N) is 4. The van der Waals surface area contributed by atoms with Crippen LogP contribution >= 0.6 is 0 Å². The molecule has 0 aromatic rings. The van der Waals surface area contributed by atoms with E-state index in [-0.39, 0.29) is 84.4 Å². The third-order valence-corrected chi connectivity index (χ3v) is 8.08. The van der Waals surface area contributed by atoms with Crippen LogP contribution in [0, 0.1) is 0 Å². The first-order valence-electron chi connectivity index (χ1n) is 16.8. The van der Waals surface area contributed by atoms with Gasteiger partial charge in [-0.1, -0.05) is 71.1 Å². The van der Waals surface area contributed by atoms with Crippen molar-refractivity contribution in [1.82, 2.24) is 26.2 Å². The van der Waals surface area contributed by atoms with Gasteiger partial charge in [-0.25, -0.2) is 0 Å². The number of hydrogen-bond acceptors (Lipinski definition) is 9. The minimum absolute atomic E-state index is 0. The van der Waals surface area contributed by atoms with E-state index in [0.717, 1.165) is 25.7 Å². The van der Waals surface area contributed by atoms with E-state index < -0.39 is 60.6 Å². The molecule has 4 amide bonds. The Morgan fingerprint density at radius 2 is 1.21 bits per heavy atom. The molecule has 1 aliphatic rings. The molecule has 3 atom stereocenters. The van der Waals surface area contributed by atoms with Crippen molar-refractivity contribution >= 4 is 35.6 Å². The number of hydrogen-bond donors (Lipinski definition) is 4. The molecular weight excluding hydrogens is 628 g/mol. The molecule has 1 fully saturated rings. The first kappa shape index (κ1) is 47.9. The van der Waals surface area contributed by atoms with Crippen molar-refractivity contribution < 1.29 is 98.1 Å². The third kappa shape index (κ3) is 22.2. The number of likely N-dealkylation sites (N-methyl/N-ethyl adjacent to an activating group) is 1. The van der Waals surface area contributed by atoms with Crippen molar-refractivity contribution in [2.75, 3.05) is 26.7 Å². The fourth-order valence-corrected chi connectivity index (χ4v) is 5.46. The van der Waals surface area contributed by atoms with Crippen LogP contribution in [-0.2, 0) is 28.8 Å². The van der Waals surface area contributed by atoms with Crippen molar-refractivity contribution in [3.8, 4) is 0 Å². The fourth-order valence-electron chi connectivity index (χ4n) is 5.46. The van der Waals surface area contributed by atoms with Crippen molar-refractivity contribution in [2.45, 2.75) is 141 Å². The molecule has 4 N–H and O–H groups in total. The van der Waals surface area contributed by atoms with Gasteiger partial charge in [0.1, 0.15) is 18.1 Å². The van der Waals surface area contributed by atoms with Crippen molar-refractivity contribution in [3.63, 3.8) is 0 Å². The number of carboxylic acids is 2. The Morgan fingerprint density at radius 1 is 0.702 bits per heavy atom. The second-order valence-corrected chi connectivity index (χ2v) is 11.9. The van der Waals surface area contributed by atoms with Crippen molar-refractivity contribution in [2.24, 2.45) is 0 Å². The van der Waals surface area contributed by atoms with Crippen LogP contribution in [0.15, 0.2) is 0 Å². The molecule has 47 heavy (non-hydrogen) atoms. The van der Waals surface area contributed by atoms with Crippen LogP contribution < -0.4 is 90.6 Å². The molecule has 1 rings (SSSR count). The number of aliphatic carboxylic acids is 2. The summed E-state index contributed by atoms with van der Waals surface area (Å²) in [7, 11) is 1.68. The smallest absolute Gasteiger partial charge is 0.550 e. The quantitative estimate of drug-likeness (QED) is 0.0506. The molecule has 0 bridgehead atoms.